The summed E-state index contributed by atoms with van der Waals surface area (Å²) in [5, 5.41) is 8.91. The third-order valence-corrected chi connectivity index (χ3v) is 1.94. The molecule has 0 fully saturated rings. The number of rotatable bonds is 4. The first-order valence-electron chi connectivity index (χ1n) is 5.09. The van der Waals surface area contributed by atoms with E-state index in [0.717, 1.165) is 5.56 Å². The molecule has 0 bridgehead atoms. The van der Waals surface area contributed by atoms with Crippen molar-refractivity contribution < 1.29 is 19.4 Å². The molecule has 1 N–H and O–H groups in total. The molecule has 1 aromatic heterocycles. The van der Waals surface area contributed by atoms with Crippen molar-refractivity contribution in [3.8, 4) is 0 Å². The van der Waals surface area contributed by atoms with Crippen molar-refractivity contribution in [1.29, 1.82) is 0 Å². The summed E-state index contributed by atoms with van der Waals surface area (Å²) in [6.45, 7) is 3.77. The van der Waals surface area contributed by atoms with Crippen LogP contribution in [0.2, 0.25) is 0 Å². The van der Waals surface area contributed by atoms with Gasteiger partial charge in [-0.1, -0.05) is 0 Å². The minimum Gasteiger partial charge on any atom is -0.476 e. The molecule has 90 valence electrons. The SMILES string of the molecule is CCOC(=O)C=Cc1cc(C)cnc1C(=O)O. The quantitative estimate of drug-likeness (QED) is 0.634. The molecule has 0 saturated carbocycles. The second-order valence-electron chi connectivity index (χ2n) is 3.34. The third-order valence-electron chi connectivity index (χ3n) is 1.94. The van der Waals surface area contributed by atoms with Crippen LogP contribution in [0.5, 0.6) is 0 Å². The van der Waals surface area contributed by atoms with Gasteiger partial charge >= 0.3 is 11.9 Å². The van der Waals surface area contributed by atoms with E-state index in [9.17, 15) is 9.59 Å². The Morgan fingerprint density at radius 2 is 2.24 bits per heavy atom. The van der Waals surface area contributed by atoms with Crippen molar-refractivity contribution in [2.45, 2.75) is 13.8 Å². The first-order chi connectivity index (χ1) is 8.04. The first-order valence-corrected chi connectivity index (χ1v) is 5.09. The fourth-order valence-corrected chi connectivity index (χ4v) is 1.25. The van der Waals surface area contributed by atoms with E-state index in [4.69, 9.17) is 9.84 Å². The summed E-state index contributed by atoms with van der Waals surface area (Å²) in [7, 11) is 0. The summed E-state index contributed by atoms with van der Waals surface area (Å²) < 4.78 is 4.70. The van der Waals surface area contributed by atoms with Gasteiger partial charge in [-0.2, -0.15) is 0 Å². The number of nitrogens with zero attached hydrogens (tertiary/aromatic N) is 1. The summed E-state index contributed by atoms with van der Waals surface area (Å²) in [6, 6.07) is 1.65. The number of aromatic carboxylic acids is 1. The Bertz CT molecular complexity index is 466. The second kappa shape index (κ2) is 5.79. The average Bonchev–Trinajstić information content (AvgIpc) is 2.26. The highest BCUT2D eigenvalue weighted by Gasteiger charge is 2.09. The Balaban J connectivity index is 3.00. The zero-order valence-corrected chi connectivity index (χ0v) is 9.64. The van der Waals surface area contributed by atoms with E-state index in [1.807, 2.05) is 0 Å². The first kappa shape index (κ1) is 12.9. The Morgan fingerprint density at radius 1 is 1.53 bits per heavy atom. The molecule has 0 saturated heterocycles. The van der Waals surface area contributed by atoms with E-state index in [1.54, 1.807) is 19.9 Å². The zero-order valence-electron chi connectivity index (χ0n) is 9.64. The molecule has 0 amide bonds. The van der Waals surface area contributed by atoms with Gasteiger partial charge in [-0.25, -0.2) is 14.6 Å². The maximum Gasteiger partial charge on any atom is 0.355 e. The zero-order chi connectivity index (χ0) is 12.8. The molecule has 5 nitrogen and oxygen atoms in total. The van der Waals surface area contributed by atoms with E-state index < -0.39 is 11.9 Å². The highest BCUT2D eigenvalue weighted by Crippen LogP contribution is 2.10. The molecule has 0 spiro atoms. The van der Waals surface area contributed by atoms with Crippen molar-refractivity contribution in [2.24, 2.45) is 0 Å². The maximum absolute atomic E-state index is 11.1. The van der Waals surface area contributed by atoms with E-state index >= 15 is 0 Å². The van der Waals surface area contributed by atoms with E-state index in [-0.39, 0.29) is 12.3 Å². The Hall–Kier alpha value is -2.17. The minimum absolute atomic E-state index is 0.0869. The minimum atomic E-state index is -1.13. The van der Waals surface area contributed by atoms with Crippen LogP contribution in [0.15, 0.2) is 18.3 Å². The lowest BCUT2D eigenvalue weighted by Gasteiger charge is -2.01. The number of carbonyl (C=O) groups is 2. The van der Waals surface area contributed by atoms with Gasteiger partial charge in [0, 0.05) is 17.8 Å². The molecule has 0 aliphatic carbocycles. The largest absolute Gasteiger partial charge is 0.476 e. The van der Waals surface area contributed by atoms with Crippen molar-refractivity contribution in [3.05, 3.63) is 35.2 Å². The van der Waals surface area contributed by atoms with Gasteiger partial charge in [0.25, 0.3) is 0 Å². The normalized spacial score (nSPS) is 10.5. The molecule has 1 heterocycles. The molecular formula is C12H13NO4. The number of aryl methyl sites for hydroxylation is 1. The Morgan fingerprint density at radius 3 is 2.82 bits per heavy atom. The van der Waals surface area contributed by atoms with Crippen LogP contribution in [0.1, 0.15) is 28.5 Å². The van der Waals surface area contributed by atoms with Gasteiger partial charge in [-0.15, -0.1) is 0 Å². The van der Waals surface area contributed by atoms with Crippen LogP contribution in [0.25, 0.3) is 6.08 Å². The maximum atomic E-state index is 11.1. The van der Waals surface area contributed by atoms with Crippen molar-refractivity contribution in [3.63, 3.8) is 0 Å². The lowest BCUT2D eigenvalue weighted by Crippen LogP contribution is -2.04. The molecule has 0 aromatic carbocycles. The van der Waals surface area contributed by atoms with Crippen LogP contribution in [-0.4, -0.2) is 28.6 Å². The Labute approximate surface area is 98.7 Å². The fraction of sp³-hybridized carbons (Fsp3) is 0.250. The lowest BCUT2D eigenvalue weighted by molar-refractivity contribution is -0.137. The fourth-order valence-electron chi connectivity index (χ4n) is 1.25. The smallest absolute Gasteiger partial charge is 0.355 e. The number of hydrogen-bond acceptors (Lipinski definition) is 4. The number of pyridine rings is 1. The molecule has 1 rings (SSSR count). The molecule has 1 aromatic rings. The number of ether oxygens (including phenoxy) is 1. The predicted molar refractivity (Wildman–Crippen MR) is 61.6 cm³/mol. The molecule has 5 heteroatoms. The topological polar surface area (TPSA) is 76.5 Å². The van der Waals surface area contributed by atoms with E-state index in [1.165, 1.54) is 18.3 Å². The molecule has 0 aliphatic heterocycles. The lowest BCUT2D eigenvalue weighted by atomic mass is 10.1. The van der Waals surface area contributed by atoms with Crippen LogP contribution in [0, 0.1) is 6.92 Å². The van der Waals surface area contributed by atoms with E-state index in [2.05, 4.69) is 4.98 Å². The van der Waals surface area contributed by atoms with Crippen LogP contribution >= 0.6 is 0 Å². The van der Waals surface area contributed by atoms with Gasteiger partial charge in [0.15, 0.2) is 5.69 Å². The number of carbonyl (C=O) groups excluding carboxylic acids is 1. The standard InChI is InChI=1S/C12H13NO4/c1-3-17-10(14)5-4-9-6-8(2)7-13-11(9)12(15)16/h4-7H,3H2,1-2H3,(H,15,16). The summed E-state index contributed by atoms with van der Waals surface area (Å²) in [5.74, 6) is -1.64. The summed E-state index contributed by atoms with van der Waals surface area (Å²) in [4.78, 5) is 25.8. The number of hydrogen-bond donors (Lipinski definition) is 1. The highest BCUT2D eigenvalue weighted by molar-refractivity contribution is 5.93. The van der Waals surface area contributed by atoms with E-state index in [0.29, 0.717) is 5.56 Å². The molecule has 0 aliphatic rings. The third kappa shape index (κ3) is 3.71. The Kier molecular flexibility index (Phi) is 4.39. The van der Waals surface area contributed by atoms with Gasteiger partial charge in [-0.05, 0) is 31.6 Å². The van der Waals surface area contributed by atoms with Crippen LogP contribution < -0.4 is 0 Å². The molecule has 0 radical (unpaired) electrons. The predicted octanol–water partition coefficient (Wildman–Crippen LogP) is 1.66. The van der Waals surface area contributed by atoms with Gasteiger partial charge in [0.2, 0.25) is 0 Å². The number of aromatic nitrogens is 1. The van der Waals surface area contributed by atoms with Crippen molar-refractivity contribution in [1.82, 2.24) is 4.98 Å². The number of carboxylic acids is 1. The number of esters is 1. The second-order valence-corrected chi connectivity index (χ2v) is 3.34. The van der Waals surface area contributed by atoms with Crippen molar-refractivity contribution in [2.75, 3.05) is 6.61 Å². The average molecular weight is 235 g/mol. The van der Waals surface area contributed by atoms with Crippen LogP contribution in [0.3, 0.4) is 0 Å². The highest BCUT2D eigenvalue weighted by atomic mass is 16.5. The van der Waals surface area contributed by atoms with Gasteiger partial charge < -0.3 is 9.84 Å². The monoisotopic (exact) mass is 235 g/mol. The molecule has 17 heavy (non-hydrogen) atoms. The van der Waals surface area contributed by atoms with Crippen molar-refractivity contribution >= 4 is 18.0 Å². The summed E-state index contributed by atoms with van der Waals surface area (Å²) >= 11 is 0. The number of carboxylic acid groups (broad SMARTS) is 1. The summed E-state index contributed by atoms with van der Waals surface area (Å²) in [5.41, 5.74) is 1.11. The molecule has 0 unspecified atom stereocenters. The summed E-state index contributed by atoms with van der Waals surface area (Å²) in [6.07, 6.45) is 4.04. The van der Waals surface area contributed by atoms with Gasteiger partial charge in [-0.3, -0.25) is 0 Å². The van der Waals surface area contributed by atoms with Gasteiger partial charge in [0.1, 0.15) is 0 Å². The molecular weight excluding hydrogens is 222 g/mol. The van der Waals surface area contributed by atoms with Gasteiger partial charge in [0.05, 0.1) is 6.61 Å². The van der Waals surface area contributed by atoms with Crippen LogP contribution in [0.4, 0.5) is 0 Å². The van der Waals surface area contributed by atoms with Crippen LogP contribution in [-0.2, 0) is 9.53 Å². The molecule has 0 atom stereocenters.